The van der Waals surface area contributed by atoms with Crippen LogP contribution in [0.15, 0.2) is 59.0 Å². The minimum atomic E-state index is -0.178. The van der Waals surface area contributed by atoms with Crippen molar-refractivity contribution in [3.8, 4) is 28.1 Å². The van der Waals surface area contributed by atoms with Crippen LogP contribution in [0.3, 0.4) is 0 Å². The lowest BCUT2D eigenvalue weighted by molar-refractivity contribution is 0.477. The van der Waals surface area contributed by atoms with Gasteiger partial charge in [-0.05, 0) is 18.2 Å². The van der Waals surface area contributed by atoms with Gasteiger partial charge in [0.15, 0.2) is 0 Å². The lowest BCUT2D eigenvalue weighted by Gasteiger charge is -2.07. The molecule has 0 aliphatic carbocycles. The van der Waals surface area contributed by atoms with Crippen LogP contribution in [-0.2, 0) is 7.05 Å². The van der Waals surface area contributed by atoms with Gasteiger partial charge in [-0.15, -0.1) is 11.3 Å². The molecular weight excluding hydrogens is 322 g/mol. The van der Waals surface area contributed by atoms with E-state index in [-0.39, 0.29) is 11.3 Å². The molecule has 1 aromatic carbocycles. The van der Waals surface area contributed by atoms with E-state index in [1.807, 2.05) is 29.6 Å². The zero-order chi connectivity index (χ0) is 16.7. The summed E-state index contributed by atoms with van der Waals surface area (Å²) in [5.74, 6) is 0.154. The highest BCUT2D eigenvalue weighted by molar-refractivity contribution is 7.18. The number of aromatic hydroxyl groups is 1. The molecule has 0 amide bonds. The van der Waals surface area contributed by atoms with Crippen molar-refractivity contribution in [2.75, 3.05) is 0 Å². The van der Waals surface area contributed by atoms with Gasteiger partial charge in [0, 0.05) is 41.5 Å². The molecule has 118 valence electrons. The van der Waals surface area contributed by atoms with E-state index in [1.54, 1.807) is 31.6 Å². The Balaban J connectivity index is 2.09. The molecule has 4 aromatic rings. The van der Waals surface area contributed by atoms with Crippen LogP contribution in [0.4, 0.5) is 0 Å². The Hall–Kier alpha value is -2.99. The van der Waals surface area contributed by atoms with E-state index in [1.165, 1.54) is 16.0 Å². The van der Waals surface area contributed by atoms with Gasteiger partial charge < -0.3 is 5.11 Å². The molecule has 0 spiro atoms. The van der Waals surface area contributed by atoms with E-state index in [2.05, 4.69) is 10.1 Å². The van der Waals surface area contributed by atoms with Crippen LogP contribution >= 0.6 is 11.3 Å². The summed E-state index contributed by atoms with van der Waals surface area (Å²) in [4.78, 5) is 16.7. The van der Waals surface area contributed by atoms with Crippen molar-refractivity contribution < 1.29 is 5.11 Å². The van der Waals surface area contributed by atoms with Crippen LogP contribution in [0.2, 0.25) is 0 Å². The number of para-hydroxylation sites is 1. The van der Waals surface area contributed by atoms with Gasteiger partial charge in [0.1, 0.15) is 11.4 Å². The van der Waals surface area contributed by atoms with Crippen molar-refractivity contribution >= 4 is 21.4 Å². The zero-order valence-corrected chi connectivity index (χ0v) is 13.6. The van der Waals surface area contributed by atoms with Crippen LogP contribution in [0.1, 0.15) is 0 Å². The molecule has 0 unspecified atom stereocenters. The summed E-state index contributed by atoms with van der Waals surface area (Å²) in [6.07, 6.45) is 3.40. The number of fused-ring (bicyclic) bond motifs is 1. The molecule has 24 heavy (non-hydrogen) atoms. The Labute approximate surface area is 141 Å². The molecule has 0 aliphatic heterocycles. The molecule has 0 atom stereocenters. The first-order valence-corrected chi connectivity index (χ1v) is 8.22. The smallest absolute Gasteiger partial charge is 0.275 e. The van der Waals surface area contributed by atoms with Crippen molar-refractivity contribution in [2.24, 2.45) is 7.05 Å². The Kier molecular flexibility index (Phi) is 3.39. The van der Waals surface area contributed by atoms with Gasteiger partial charge in [-0.2, -0.15) is 5.10 Å². The second kappa shape index (κ2) is 5.58. The van der Waals surface area contributed by atoms with Crippen LogP contribution in [0.5, 0.6) is 5.75 Å². The fraction of sp³-hybridized carbons (Fsp3) is 0.0556. The number of rotatable bonds is 2. The summed E-state index contributed by atoms with van der Waals surface area (Å²) in [6.45, 7) is 0. The van der Waals surface area contributed by atoms with Gasteiger partial charge in [-0.1, -0.05) is 18.2 Å². The normalized spacial score (nSPS) is 11.0. The Bertz CT molecular complexity index is 1100. The van der Waals surface area contributed by atoms with Crippen molar-refractivity contribution in [1.82, 2.24) is 14.8 Å². The van der Waals surface area contributed by atoms with E-state index in [4.69, 9.17) is 0 Å². The lowest BCUT2D eigenvalue weighted by Crippen LogP contribution is -2.20. The molecule has 3 heterocycles. The average molecular weight is 335 g/mol. The molecule has 0 saturated heterocycles. The van der Waals surface area contributed by atoms with E-state index in [0.29, 0.717) is 10.9 Å². The number of thiophene rings is 1. The zero-order valence-electron chi connectivity index (χ0n) is 12.8. The summed E-state index contributed by atoms with van der Waals surface area (Å²) in [5, 5.41) is 17.1. The van der Waals surface area contributed by atoms with Gasteiger partial charge in [-0.25, -0.2) is 4.68 Å². The summed E-state index contributed by atoms with van der Waals surface area (Å²) in [6, 6.07) is 10.8. The van der Waals surface area contributed by atoms with Crippen LogP contribution in [0.25, 0.3) is 32.5 Å². The van der Waals surface area contributed by atoms with Crippen molar-refractivity contribution in [2.45, 2.75) is 0 Å². The van der Waals surface area contributed by atoms with E-state index in [9.17, 15) is 9.90 Å². The number of benzene rings is 1. The molecule has 3 aromatic heterocycles. The number of hydrogen-bond acceptors (Lipinski definition) is 5. The minimum Gasteiger partial charge on any atom is -0.507 e. The van der Waals surface area contributed by atoms with Crippen LogP contribution in [0, 0.1) is 0 Å². The molecule has 1 N–H and O–H groups in total. The first-order chi connectivity index (χ1) is 11.7. The molecule has 0 saturated carbocycles. The third-order valence-corrected chi connectivity index (χ3v) is 4.90. The van der Waals surface area contributed by atoms with Gasteiger partial charge in [-0.3, -0.25) is 9.78 Å². The number of nitrogens with zero attached hydrogens (tertiary/aromatic N) is 3. The van der Waals surface area contributed by atoms with Crippen LogP contribution < -0.4 is 5.56 Å². The second-order valence-electron chi connectivity index (χ2n) is 5.38. The predicted molar refractivity (Wildman–Crippen MR) is 95.2 cm³/mol. The molecule has 4 rings (SSSR count). The Morgan fingerprint density at radius 3 is 2.58 bits per heavy atom. The molecule has 0 bridgehead atoms. The summed E-state index contributed by atoms with van der Waals surface area (Å²) in [5.41, 5.74) is 2.83. The first kappa shape index (κ1) is 14.6. The maximum absolute atomic E-state index is 12.7. The summed E-state index contributed by atoms with van der Waals surface area (Å²) >= 11 is 1.45. The number of phenols is 1. The Morgan fingerprint density at radius 2 is 1.83 bits per heavy atom. The number of phenolic OH excluding ortho intramolecular Hbond substituents is 1. The maximum Gasteiger partial charge on any atom is 0.275 e. The van der Waals surface area contributed by atoms with E-state index in [0.717, 1.165) is 21.5 Å². The highest BCUT2D eigenvalue weighted by atomic mass is 32.1. The average Bonchev–Trinajstić information content (AvgIpc) is 3.04. The largest absolute Gasteiger partial charge is 0.507 e. The minimum absolute atomic E-state index is 0.154. The lowest BCUT2D eigenvalue weighted by atomic mass is 10.0. The molecule has 0 aliphatic rings. The number of pyridine rings is 1. The fourth-order valence-corrected chi connectivity index (χ4v) is 3.81. The molecule has 0 radical (unpaired) electrons. The third kappa shape index (κ3) is 2.19. The van der Waals surface area contributed by atoms with E-state index >= 15 is 0 Å². The van der Waals surface area contributed by atoms with Crippen molar-refractivity contribution in [1.29, 1.82) is 0 Å². The highest BCUT2D eigenvalue weighted by Crippen LogP contribution is 2.39. The van der Waals surface area contributed by atoms with Gasteiger partial charge in [0.2, 0.25) is 0 Å². The van der Waals surface area contributed by atoms with Gasteiger partial charge >= 0.3 is 0 Å². The van der Waals surface area contributed by atoms with Crippen molar-refractivity contribution in [3.63, 3.8) is 0 Å². The topological polar surface area (TPSA) is 68.0 Å². The highest BCUT2D eigenvalue weighted by Gasteiger charge is 2.18. The fourth-order valence-electron chi connectivity index (χ4n) is 2.75. The van der Waals surface area contributed by atoms with E-state index < -0.39 is 0 Å². The molecule has 5 nitrogen and oxygen atoms in total. The third-order valence-electron chi connectivity index (χ3n) is 3.91. The number of aromatic nitrogens is 3. The van der Waals surface area contributed by atoms with Crippen LogP contribution in [-0.4, -0.2) is 19.9 Å². The first-order valence-electron chi connectivity index (χ1n) is 7.34. The molecular formula is C18H13N3O2S. The number of aryl methyl sites for hydroxylation is 1. The quantitative estimate of drug-likeness (QED) is 0.609. The second-order valence-corrected chi connectivity index (χ2v) is 6.26. The number of hydrogen-bond donors (Lipinski definition) is 1. The van der Waals surface area contributed by atoms with Gasteiger partial charge in [0.05, 0.1) is 10.1 Å². The van der Waals surface area contributed by atoms with Crippen molar-refractivity contribution in [3.05, 3.63) is 64.5 Å². The SMILES string of the molecule is Cn1nc(-c2ccncc2)c2scc(-c3ccccc3O)c2c1=O. The monoisotopic (exact) mass is 335 g/mol. The van der Waals surface area contributed by atoms with Gasteiger partial charge in [0.25, 0.3) is 5.56 Å². The standard InChI is InChI=1S/C18H13N3O2S/c1-21-18(23)15-13(12-4-2-3-5-14(12)22)10-24-17(15)16(20-21)11-6-8-19-9-7-11/h2-10,22H,1H3. The molecule has 0 fully saturated rings. The summed E-state index contributed by atoms with van der Waals surface area (Å²) < 4.78 is 2.15. The maximum atomic E-state index is 12.7. The predicted octanol–water partition coefficient (Wildman–Crippen LogP) is 3.43. The Morgan fingerprint density at radius 1 is 1.08 bits per heavy atom. The molecule has 6 heteroatoms. The summed E-state index contributed by atoms with van der Waals surface area (Å²) in [7, 11) is 1.64.